The van der Waals surface area contributed by atoms with Gasteiger partial charge in [-0.2, -0.15) is 0 Å². The fraction of sp³-hybridized carbons (Fsp3) is 0.647. The molecule has 20 heavy (non-hydrogen) atoms. The van der Waals surface area contributed by atoms with Crippen molar-refractivity contribution in [2.45, 2.75) is 38.1 Å². The van der Waals surface area contributed by atoms with Crippen molar-refractivity contribution in [2.75, 3.05) is 26.2 Å². The van der Waals surface area contributed by atoms with Gasteiger partial charge in [-0.05, 0) is 61.9 Å². The average molecular weight is 276 g/mol. The van der Waals surface area contributed by atoms with Gasteiger partial charge in [0.25, 0.3) is 0 Å². The number of likely N-dealkylation sites (N-methyl/N-ethyl adjacent to an activating group) is 1. The Morgan fingerprint density at radius 2 is 1.95 bits per heavy atom. The summed E-state index contributed by atoms with van der Waals surface area (Å²) in [5.41, 5.74) is 1.28. The van der Waals surface area contributed by atoms with Gasteiger partial charge < -0.3 is 10.2 Å². The number of piperidine rings is 1. The molecule has 1 saturated carbocycles. The van der Waals surface area contributed by atoms with Crippen molar-refractivity contribution in [3.05, 3.63) is 35.6 Å². The van der Waals surface area contributed by atoms with Crippen LogP contribution in [0.3, 0.4) is 0 Å². The summed E-state index contributed by atoms with van der Waals surface area (Å²) in [6, 6.07) is 7.67. The molecule has 1 heterocycles. The Bertz CT molecular complexity index is 427. The molecule has 1 aliphatic heterocycles. The third kappa shape index (κ3) is 3.58. The molecule has 0 radical (unpaired) electrons. The number of nitrogens with one attached hydrogen (secondary N) is 1. The first-order chi connectivity index (χ1) is 9.74. The highest BCUT2D eigenvalue weighted by Gasteiger charge is 2.29. The second kappa shape index (κ2) is 6.23. The Balaban J connectivity index is 1.64. The number of hydrogen-bond donors (Lipinski definition) is 1. The van der Waals surface area contributed by atoms with Crippen molar-refractivity contribution in [3.63, 3.8) is 0 Å². The lowest BCUT2D eigenvalue weighted by Gasteiger charge is -2.38. The highest BCUT2D eigenvalue weighted by atomic mass is 19.1. The van der Waals surface area contributed by atoms with Crippen LogP contribution in [0, 0.1) is 11.7 Å². The molecular weight excluding hydrogens is 251 g/mol. The minimum Gasteiger partial charge on any atom is -0.312 e. The van der Waals surface area contributed by atoms with E-state index in [-0.39, 0.29) is 5.82 Å². The SMILES string of the molecule is CCN1CC(NCC2CC2)CC(c2ccc(F)cc2)C1. The Labute approximate surface area is 121 Å². The normalized spacial score (nSPS) is 27.7. The molecule has 2 fully saturated rings. The molecule has 1 N–H and O–H groups in total. The summed E-state index contributed by atoms with van der Waals surface area (Å²) in [5.74, 6) is 1.32. The van der Waals surface area contributed by atoms with E-state index in [4.69, 9.17) is 0 Å². The fourth-order valence-electron chi connectivity index (χ4n) is 3.23. The Morgan fingerprint density at radius 1 is 1.20 bits per heavy atom. The number of halogens is 1. The molecule has 2 nitrogen and oxygen atoms in total. The number of benzene rings is 1. The molecule has 110 valence electrons. The molecule has 1 saturated heterocycles. The smallest absolute Gasteiger partial charge is 0.123 e. The van der Waals surface area contributed by atoms with Crippen LogP contribution < -0.4 is 5.32 Å². The molecule has 1 aromatic rings. The minimum absolute atomic E-state index is 0.139. The molecule has 3 heteroatoms. The maximum Gasteiger partial charge on any atom is 0.123 e. The molecule has 1 aliphatic carbocycles. The van der Waals surface area contributed by atoms with Crippen LogP contribution in [0.5, 0.6) is 0 Å². The van der Waals surface area contributed by atoms with Gasteiger partial charge in [0.15, 0.2) is 0 Å². The third-order valence-corrected chi connectivity index (χ3v) is 4.71. The molecule has 2 atom stereocenters. The van der Waals surface area contributed by atoms with Gasteiger partial charge in [-0.25, -0.2) is 4.39 Å². The summed E-state index contributed by atoms with van der Waals surface area (Å²) in [4.78, 5) is 2.52. The van der Waals surface area contributed by atoms with Gasteiger partial charge in [0.05, 0.1) is 0 Å². The monoisotopic (exact) mass is 276 g/mol. The van der Waals surface area contributed by atoms with Crippen LogP contribution >= 0.6 is 0 Å². The highest BCUT2D eigenvalue weighted by molar-refractivity contribution is 5.22. The Morgan fingerprint density at radius 3 is 2.60 bits per heavy atom. The van der Waals surface area contributed by atoms with Crippen molar-refractivity contribution in [1.29, 1.82) is 0 Å². The maximum absolute atomic E-state index is 13.1. The quantitative estimate of drug-likeness (QED) is 0.889. The highest BCUT2D eigenvalue weighted by Crippen LogP contribution is 2.30. The summed E-state index contributed by atoms with van der Waals surface area (Å²) in [6.45, 7) is 6.76. The van der Waals surface area contributed by atoms with E-state index in [9.17, 15) is 4.39 Å². The molecule has 1 aromatic carbocycles. The van der Waals surface area contributed by atoms with E-state index in [1.165, 1.54) is 31.4 Å². The lowest BCUT2D eigenvalue weighted by molar-refractivity contribution is 0.178. The van der Waals surface area contributed by atoms with Gasteiger partial charge in [-0.3, -0.25) is 0 Å². The van der Waals surface area contributed by atoms with E-state index in [1.807, 2.05) is 12.1 Å². The minimum atomic E-state index is -0.139. The van der Waals surface area contributed by atoms with Gasteiger partial charge in [-0.1, -0.05) is 19.1 Å². The van der Waals surface area contributed by atoms with E-state index in [0.717, 1.165) is 25.6 Å². The van der Waals surface area contributed by atoms with E-state index in [0.29, 0.717) is 12.0 Å². The van der Waals surface area contributed by atoms with Crippen molar-refractivity contribution >= 4 is 0 Å². The Hall–Kier alpha value is -0.930. The van der Waals surface area contributed by atoms with Crippen LogP contribution in [0.2, 0.25) is 0 Å². The van der Waals surface area contributed by atoms with Crippen LogP contribution in [0.1, 0.15) is 37.7 Å². The first-order valence-electron chi connectivity index (χ1n) is 7.95. The molecule has 0 aromatic heterocycles. The maximum atomic E-state index is 13.1. The van der Waals surface area contributed by atoms with Gasteiger partial charge in [-0.15, -0.1) is 0 Å². The van der Waals surface area contributed by atoms with Crippen LogP contribution in [-0.4, -0.2) is 37.1 Å². The van der Waals surface area contributed by atoms with Gasteiger partial charge in [0.1, 0.15) is 5.82 Å². The van der Waals surface area contributed by atoms with Gasteiger partial charge in [0.2, 0.25) is 0 Å². The molecule has 2 aliphatic rings. The lowest BCUT2D eigenvalue weighted by atomic mass is 9.88. The second-order valence-electron chi connectivity index (χ2n) is 6.38. The summed E-state index contributed by atoms with van der Waals surface area (Å²) in [6.07, 6.45) is 3.98. The van der Waals surface area contributed by atoms with Crippen LogP contribution in [0.4, 0.5) is 4.39 Å². The van der Waals surface area contributed by atoms with E-state index in [1.54, 1.807) is 12.1 Å². The fourth-order valence-corrected chi connectivity index (χ4v) is 3.23. The van der Waals surface area contributed by atoms with Crippen LogP contribution in [0.15, 0.2) is 24.3 Å². The van der Waals surface area contributed by atoms with E-state index in [2.05, 4.69) is 17.1 Å². The lowest BCUT2D eigenvalue weighted by Crippen LogP contribution is -2.48. The van der Waals surface area contributed by atoms with E-state index < -0.39 is 0 Å². The average Bonchev–Trinajstić information content (AvgIpc) is 3.30. The molecule has 2 unspecified atom stereocenters. The van der Waals surface area contributed by atoms with Gasteiger partial charge >= 0.3 is 0 Å². The van der Waals surface area contributed by atoms with Crippen molar-refractivity contribution in [2.24, 2.45) is 5.92 Å². The zero-order valence-corrected chi connectivity index (χ0v) is 12.3. The third-order valence-electron chi connectivity index (χ3n) is 4.71. The van der Waals surface area contributed by atoms with Crippen molar-refractivity contribution < 1.29 is 4.39 Å². The van der Waals surface area contributed by atoms with Crippen LogP contribution in [0.25, 0.3) is 0 Å². The molecule has 0 spiro atoms. The molecule has 0 bridgehead atoms. The van der Waals surface area contributed by atoms with Gasteiger partial charge in [0, 0.05) is 19.1 Å². The zero-order chi connectivity index (χ0) is 13.9. The topological polar surface area (TPSA) is 15.3 Å². The second-order valence-corrected chi connectivity index (χ2v) is 6.38. The largest absolute Gasteiger partial charge is 0.312 e. The Kier molecular flexibility index (Phi) is 4.37. The van der Waals surface area contributed by atoms with Crippen molar-refractivity contribution in [1.82, 2.24) is 10.2 Å². The number of likely N-dealkylation sites (tertiary alicyclic amines) is 1. The summed E-state index contributed by atoms with van der Waals surface area (Å²) >= 11 is 0. The first kappa shape index (κ1) is 14.0. The predicted molar refractivity (Wildman–Crippen MR) is 80.4 cm³/mol. The summed E-state index contributed by atoms with van der Waals surface area (Å²) in [7, 11) is 0. The molecule has 3 rings (SSSR count). The standard InChI is InChI=1S/C17H25FN2/c1-2-20-11-15(14-5-7-16(18)8-6-14)9-17(12-20)19-10-13-3-4-13/h5-8,13,15,17,19H,2-4,9-12H2,1H3. The first-order valence-corrected chi connectivity index (χ1v) is 7.95. The molecular formula is C17H25FN2. The number of rotatable bonds is 5. The summed E-state index contributed by atoms with van der Waals surface area (Å²) in [5, 5.41) is 3.74. The molecule has 0 amide bonds. The summed E-state index contributed by atoms with van der Waals surface area (Å²) < 4.78 is 13.1. The number of nitrogens with zero attached hydrogens (tertiary/aromatic N) is 1. The van der Waals surface area contributed by atoms with Crippen LogP contribution in [-0.2, 0) is 0 Å². The van der Waals surface area contributed by atoms with E-state index >= 15 is 0 Å². The predicted octanol–water partition coefficient (Wildman–Crippen LogP) is 3.00. The zero-order valence-electron chi connectivity index (χ0n) is 12.3. The number of hydrogen-bond acceptors (Lipinski definition) is 2. The van der Waals surface area contributed by atoms with Crippen molar-refractivity contribution in [3.8, 4) is 0 Å².